The van der Waals surface area contributed by atoms with Gasteiger partial charge in [0, 0.05) is 18.2 Å². The topological polar surface area (TPSA) is 98.5 Å². The van der Waals surface area contributed by atoms with Gasteiger partial charge in [-0.3, -0.25) is 0 Å². The van der Waals surface area contributed by atoms with Crippen LogP contribution in [-0.4, -0.2) is 38.7 Å². The number of carbonyl (C=O) groups excluding carboxylic acids is 1. The summed E-state index contributed by atoms with van der Waals surface area (Å²) < 4.78 is 12.2. The fourth-order valence-corrected chi connectivity index (χ4v) is 3.07. The van der Waals surface area contributed by atoms with Gasteiger partial charge in [-0.15, -0.1) is 0 Å². The Morgan fingerprint density at radius 1 is 1.19 bits per heavy atom. The molecular weight excluding hydrogens is 408 g/mol. The molecule has 3 aromatic rings. The molecule has 32 heavy (non-hydrogen) atoms. The summed E-state index contributed by atoms with van der Waals surface area (Å²) in [6, 6.07) is 13.3. The number of amides is 1. The highest BCUT2D eigenvalue weighted by atomic mass is 16.6. The number of ether oxygens (including phenoxy) is 2. The molecule has 8 heteroatoms. The van der Waals surface area contributed by atoms with E-state index in [1.807, 2.05) is 64.1 Å². The Kier molecular flexibility index (Phi) is 7.15. The Balaban J connectivity index is 1.84. The third-order valence-corrected chi connectivity index (χ3v) is 4.72. The van der Waals surface area contributed by atoms with Gasteiger partial charge in [-0.05, 0) is 44.9 Å². The molecule has 0 radical (unpaired) electrons. The summed E-state index contributed by atoms with van der Waals surface area (Å²) in [5.74, 6) is 0.512. The maximum Gasteiger partial charge on any atom is 0.407 e. The smallest absolute Gasteiger partial charge is 0.407 e. The fraction of sp³-hybridized carbons (Fsp3) is 0.375. The second-order valence-corrected chi connectivity index (χ2v) is 8.40. The fourth-order valence-electron chi connectivity index (χ4n) is 3.07. The monoisotopic (exact) mass is 438 g/mol. The summed E-state index contributed by atoms with van der Waals surface area (Å²) in [5, 5.41) is 17.7. The molecule has 2 N–H and O–H groups in total. The van der Waals surface area contributed by atoms with Crippen LogP contribution in [0.2, 0.25) is 0 Å². The Labute approximate surface area is 188 Å². The Hall–Kier alpha value is -3.39. The molecule has 8 nitrogen and oxygen atoms in total. The molecule has 0 spiro atoms. The second kappa shape index (κ2) is 9.82. The minimum atomic E-state index is -0.654. The summed E-state index contributed by atoms with van der Waals surface area (Å²) in [6.45, 7) is 7.74. The summed E-state index contributed by atoms with van der Waals surface area (Å²) in [6.07, 6.45) is 1.13. The molecule has 1 aromatic carbocycles. The lowest BCUT2D eigenvalue weighted by molar-refractivity contribution is 0.0523. The van der Waals surface area contributed by atoms with Crippen molar-refractivity contribution in [2.24, 2.45) is 0 Å². The highest BCUT2D eigenvalue weighted by Gasteiger charge is 2.18. The van der Waals surface area contributed by atoms with Gasteiger partial charge in [0.25, 0.3) is 0 Å². The van der Waals surface area contributed by atoms with Crippen molar-refractivity contribution in [2.75, 3.05) is 7.11 Å². The van der Waals surface area contributed by atoms with Crippen molar-refractivity contribution >= 4 is 6.09 Å². The maximum atomic E-state index is 11.9. The first-order chi connectivity index (χ1) is 15.2. The number of nitrogens with one attached hydrogen (secondary N) is 1. The number of hydrogen-bond acceptors (Lipinski definition) is 6. The van der Waals surface area contributed by atoms with E-state index in [0.29, 0.717) is 24.5 Å². The van der Waals surface area contributed by atoms with E-state index in [0.717, 1.165) is 22.5 Å². The maximum absolute atomic E-state index is 11.9. The van der Waals surface area contributed by atoms with Crippen LogP contribution in [0, 0.1) is 0 Å². The molecule has 0 fully saturated rings. The minimum absolute atomic E-state index is 0.358. The predicted octanol–water partition coefficient (Wildman–Crippen LogP) is 4.41. The van der Waals surface area contributed by atoms with Crippen molar-refractivity contribution in [3.8, 4) is 22.8 Å². The van der Waals surface area contributed by atoms with E-state index in [2.05, 4.69) is 15.4 Å². The van der Waals surface area contributed by atoms with E-state index < -0.39 is 17.8 Å². The molecule has 2 heterocycles. The van der Waals surface area contributed by atoms with E-state index in [1.165, 1.54) is 0 Å². The van der Waals surface area contributed by atoms with Crippen LogP contribution >= 0.6 is 0 Å². The van der Waals surface area contributed by atoms with Crippen molar-refractivity contribution in [3.05, 3.63) is 59.9 Å². The van der Waals surface area contributed by atoms with E-state index in [-0.39, 0.29) is 0 Å². The van der Waals surface area contributed by atoms with E-state index in [4.69, 9.17) is 9.47 Å². The summed E-state index contributed by atoms with van der Waals surface area (Å²) in [4.78, 5) is 16.1. The third kappa shape index (κ3) is 5.85. The number of aliphatic hydroxyl groups excluding tert-OH is 1. The summed E-state index contributed by atoms with van der Waals surface area (Å²) >= 11 is 0. The van der Waals surface area contributed by atoms with Crippen molar-refractivity contribution in [1.29, 1.82) is 0 Å². The molecule has 0 aliphatic carbocycles. The number of aliphatic hydroxyl groups is 1. The molecule has 0 saturated carbocycles. The Bertz CT molecular complexity index is 1040. The van der Waals surface area contributed by atoms with Crippen LogP contribution in [0.15, 0.2) is 48.7 Å². The number of nitrogens with zero attached hydrogens (tertiary/aromatic N) is 3. The highest BCUT2D eigenvalue weighted by Crippen LogP contribution is 2.28. The third-order valence-electron chi connectivity index (χ3n) is 4.72. The van der Waals surface area contributed by atoms with Crippen molar-refractivity contribution in [2.45, 2.75) is 52.4 Å². The van der Waals surface area contributed by atoms with Crippen LogP contribution in [0.4, 0.5) is 4.79 Å². The number of benzene rings is 1. The van der Waals surface area contributed by atoms with Crippen LogP contribution < -0.4 is 10.1 Å². The van der Waals surface area contributed by atoms with Gasteiger partial charge in [-0.1, -0.05) is 31.2 Å². The SMILES string of the molecule is CCC(O)c1cc(-c2ccc(CNC(=O)OC(C)(C)C)cc2)n(-c2ccc(OC)nc2)n1. The van der Waals surface area contributed by atoms with Gasteiger partial charge in [0.15, 0.2) is 0 Å². The number of methoxy groups -OCH3 is 1. The van der Waals surface area contributed by atoms with E-state index >= 15 is 0 Å². The van der Waals surface area contributed by atoms with Gasteiger partial charge >= 0.3 is 6.09 Å². The number of rotatable bonds is 7. The summed E-state index contributed by atoms with van der Waals surface area (Å²) in [5.41, 5.74) is 3.49. The van der Waals surface area contributed by atoms with Gasteiger partial charge in [-0.25, -0.2) is 14.5 Å². The zero-order valence-corrected chi connectivity index (χ0v) is 19.1. The molecule has 0 aliphatic rings. The summed E-state index contributed by atoms with van der Waals surface area (Å²) in [7, 11) is 1.57. The van der Waals surface area contributed by atoms with E-state index in [9.17, 15) is 9.90 Å². The molecular formula is C24H30N4O4. The lowest BCUT2D eigenvalue weighted by atomic mass is 10.1. The second-order valence-electron chi connectivity index (χ2n) is 8.40. The van der Waals surface area contributed by atoms with Gasteiger partial charge < -0.3 is 19.9 Å². The van der Waals surface area contributed by atoms with Crippen LogP contribution in [0.3, 0.4) is 0 Å². The predicted molar refractivity (Wildman–Crippen MR) is 122 cm³/mol. The van der Waals surface area contributed by atoms with Gasteiger partial charge in [0.2, 0.25) is 5.88 Å². The Morgan fingerprint density at radius 2 is 1.91 bits per heavy atom. The highest BCUT2D eigenvalue weighted by molar-refractivity contribution is 5.68. The molecule has 3 rings (SSSR count). The zero-order valence-electron chi connectivity index (χ0n) is 19.1. The largest absolute Gasteiger partial charge is 0.481 e. The molecule has 1 atom stereocenters. The number of aromatic nitrogens is 3. The molecule has 2 aromatic heterocycles. The van der Waals surface area contributed by atoms with Crippen molar-refractivity contribution < 1.29 is 19.4 Å². The van der Waals surface area contributed by atoms with E-state index in [1.54, 1.807) is 24.1 Å². The van der Waals surface area contributed by atoms with Crippen molar-refractivity contribution in [3.63, 3.8) is 0 Å². The first-order valence-electron chi connectivity index (χ1n) is 10.5. The number of alkyl carbamates (subject to hydrolysis) is 1. The molecule has 1 unspecified atom stereocenters. The van der Waals surface area contributed by atoms with Crippen molar-refractivity contribution in [1.82, 2.24) is 20.1 Å². The van der Waals surface area contributed by atoms with Gasteiger partial charge in [0.05, 0.1) is 36.5 Å². The normalized spacial score (nSPS) is 12.3. The molecule has 0 bridgehead atoms. The quantitative estimate of drug-likeness (QED) is 0.567. The van der Waals surface area contributed by atoms with Crippen LogP contribution in [0.5, 0.6) is 5.88 Å². The van der Waals surface area contributed by atoms with Gasteiger partial charge in [0.1, 0.15) is 5.60 Å². The minimum Gasteiger partial charge on any atom is -0.481 e. The molecule has 0 saturated heterocycles. The molecule has 170 valence electrons. The number of pyridine rings is 1. The zero-order chi connectivity index (χ0) is 23.3. The standard InChI is InChI=1S/C24H30N4O4/c1-6-21(29)19-13-20(28(27-19)18-11-12-22(31-5)25-15-18)17-9-7-16(8-10-17)14-26-23(30)32-24(2,3)4/h7-13,15,21,29H,6,14H2,1-5H3,(H,26,30). The van der Waals surface area contributed by atoms with Crippen LogP contribution in [0.1, 0.15) is 51.5 Å². The lowest BCUT2D eigenvalue weighted by Gasteiger charge is -2.19. The number of carbonyl (C=O) groups is 1. The molecule has 1 amide bonds. The first kappa shape index (κ1) is 23.3. The average Bonchev–Trinajstić information content (AvgIpc) is 3.22. The molecule has 0 aliphatic heterocycles. The number of hydrogen-bond donors (Lipinski definition) is 2. The first-order valence-corrected chi connectivity index (χ1v) is 10.5. The lowest BCUT2D eigenvalue weighted by Crippen LogP contribution is -2.32. The van der Waals surface area contributed by atoms with Crippen LogP contribution in [0.25, 0.3) is 16.9 Å². The van der Waals surface area contributed by atoms with Crippen LogP contribution in [-0.2, 0) is 11.3 Å². The van der Waals surface area contributed by atoms with Gasteiger partial charge in [-0.2, -0.15) is 5.10 Å². The average molecular weight is 439 g/mol. The Morgan fingerprint density at radius 3 is 2.47 bits per heavy atom.